The number of halogens is 2. The van der Waals surface area contributed by atoms with Crippen molar-refractivity contribution in [2.75, 3.05) is 64.7 Å². The van der Waals surface area contributed by atoms with Crippen molar-refractivity contribution in [1.29, 1.82) is 0 Å². The molecule has 2 aliphatic heterocycles. The number of nitrogens with one attached hydrogen (secondary N) is 3. The number of methoxy groups -OCH3 is 2. The van der Waals surface area contributed by atoms with Crippen LogP contribution in [0.15, 0.2) is 37.1 Å². The number of hydrogen-bond donors (Lipinski definition) is 3. The third kappa shape index (κ3) is 6.52. The van der Waals surface area contributed by atoms with E-state index in [1.165, 1.54) is 6.08 Å². The topological polar surface area (TPSA) is 110 Å². The van der Waals surface area contributed by atoms with Gasteiger partial charge >= 0.3 is 0 Å². The number of piperidine rings is 1. The second kappa shape index (κ2) is 13.3. The Morgan fingerprint density at radius 3 is 2.48 bits per heavy atom. The molecule has 0 aliphatic carbocycles. The molecule has 1 amide bonds. The second-order valence-corrected chi connectivity index (χ2v) is 11.4. The first-order valence-electron chi connectivity index (χ1n) is 13.9. The molecule has 10 nitrogen and oxygen atoms in total. The Kier molecular flexibility index (Phi) is 9.57. The van der Waals surface area contributed by atoms with Gasteiger partial charge in [0.25, 0.3) is 0 Å². The molecule has 4 heterocycles. The molecular formula is C30H36Cl2N6O4. The van der Waals surface area contributed by atoms with Gasteiger partial charge in [-0.15, -0.1) is 0 Å². The summed E-state index contributed by atoms with van der Waals surface area (Å²) >= 11 is 13.5. The number of carbonyl (C=O) groups excluding carboxylic acids is 1. The van der Waals surface area contributed by atoms with Crippen LogP contribution in [0, 0.1) is 5.92 Å². The van der Waals surface area contributed by atoms with Gasteiger partial charge in [-0.2, -0.15) is 0 Å². The van der Waals surface area contributed by atoms with Crippen molar-refractivity contribution in [3.05, 3.63) is 47.1 Å². The number of rotatable bonds is 10. The average molecular weight is 616 g/mol. The third-order valence-electron chi connectivity index (χ3n) is 7.87. The van der Waals surface area contributed by atoms with Gasteiger partial charge < -0.3 is 35.1 Å². The highest BCUT2D eigenvalue weighted by Gasteiger charge is 2.30. The molecule has 42 heavy (non-hydrogen) atoms. The SMILES string of the molecule is C=CC(=O)N[C@H]1COC[C@H]1Nc1cc2c(NCC3CCN(C)CC3)nc(-c3c(Cl)c(OC)cc(OC)c3Cl)cc2cn1. The second-order valence-electron chi connectivity index (χ2n) is 10.7. The van der Waals surface area contributed by atoms with Crippen LogP contribution >= 0.6 is 23.2 Å². The van der Waals surface area contributed by atoms with Gasteiger partial charge in [-0.25, -0.2) is 9.97 Å². The lowest BCUT2D eigenvalue weighted by Gasteiger charge is -2.29. The molecule has 0 unspecified atom stereocenters. The summed E-state index contributed by atoms with van der Waals surface area (Å²) in [5.41, 5.74) is 1.09. The summed E-state index contributed by atoms with van der Waals surface area (Å²) in [4.78, 5) is 24.0. The lowest BCUT2D eigenvalue weighted by atomic mass is 9.97. The fourth-order valence-electron chi connectivity index (χ4n) is 5.38. The highest BCUT2D eigenvalue weighted by Crippen LogP contribution is 2.46. The highest BCUT2D eigenvalue weighted by atomic mass is 35.5. The molecular weight excluding hydrogens is 579 g/mol. The number of amides is 1. The van der Waals surface area contributed by atoms with Crippen LogP contribution in [0.5, 0.6) is 11.5 Å². The first-order chi connectivity index (χ1) is 20.3. The number of likely N-dealkylation sites (tertiary alicyclic amines) is 1. The van der Waals surface area contributed by atoms with Crippen molar-refractivity contribution in [3.8, 4) is 22.8 Å². The molecule has 3 aromatic rings. The lowest BCUT2D eigenvalue weighted by molar-refractivity contribution is -0.117. The van der Waals surface area contributed by atoms with Crippen LogP contribution < -0.4 is 25.4 Å². The van der Waals surface area contributed by atoms with E-state index in [1.807, 2.05) is 12.1 Å². The van der Waals surface area contributed by atoms with Crippen molar-refractivity contribution < 1.29 is 19.0 Å². The predicted octanol–water partition coefficient (Wildman–Crippen LogP) is 4.86. The van der Waals surface area contributed by atoms with Gasteiger partial charge in [0.05, 0.1) is 55.3 Å². The molecule has 2 atom stereocenters. The van der Waals surface area contributed by atoms with Crippen LogP contribution in [-0.4, -0.2) is 87.0 Å². The Labute approximate surface area is 255 Å². The number of anilines is 2. The van der Waals surface area contributed by atoms with Gasteiger partial charge in [-0.05, 0) is 57.1 Å². The van der Waals surface area contributed by atoms with Gasteiger partial charge in [0.1, 0.15) is 23.1 Å². The van der Waals surface area contributed by atoms with E-state index < -0.39 is 0 Å². The first-order valence-corrected chi connectivity index (χ1v) is 14.7. The van der Waals surface area contributed by atoms with Crippen LogP contribution in [0.2, 0.25) is 10.0 Å². The number of aromatic nitrogens is 2. The summed E-state index contributed by atoms with van der Waals surface area (Å²) in [7, 11) is 5.24. The Hall–Kier alpha value is -3.31. The molecule has 0 bridgehead atoms. The van der Waals surface area contributed by atoms with Crippen LogP contribution in [0.1, 0.15) is 12.8 Å². The minimum atomic E-state index is -0.243. The highest BCUT2D eigenvalue weighted by molar-refractivity contribution is 6.41. The quantitative estimate of drug-likeness (QED) is 0.276. The number of fused-ring (bicyclic) bond motifs is 1. The van der Waals surface area contributed by atoms with Crippen LogP contribution in [0.4, 0.5) is 11.6 Å². The third-order valence-corrected chi connectivity index (χ3v) is 8.62. The van der Waals surface area contributed by atoms with Crippen molar-refractivity contribution in [1.82, 2.24) is 20.2 Å². The molecule has 12 heteroatoms. The summed E-state index contributed by atoms with van der Waals surface area (Å²) in [5, 5.41) is 12.4. The Morgan fingerprint density at radius 1 is 1.12 bits per heavy atom. The molecule has 1 aromatic carbocycles. The fraction of sp³-hybridized carbons (Fsp3) is 0.433. The number of hydrogen-bond acceptors (Lipinski definition) is 9. The smallest absolute Gasteiger partial charge is 0.243 e. The van der Waals surface area contributed by atoms with Gasteiger partial charge in [-0.1, -0.05) is 29.8 Å². The standard InChI is InChI=1S/C30H36Cl2N6O4/c1-5-26(39)36-22-16-42-15-21(22)35-25-11-19-18(14-33-25)10-20(27-28(31)23(40-3)12-24(41-4)29(27)32)37-30(19)34-13-17-6-8-38(2)9-7-17/h5,10-12,14,17,21-22H,1,6-9,13,15-16H2,2-4H3,(H,33,35)(H,34,37)(H,36,39)/t21-,22+/m1/s1. The largest absolute Gasteiger partial charge is 0.495 e. The number of carbonyl (C=O) groups is 1. The van der Waals surface area contributed by atoms with E-state index in [9.17, 15) is 4.79 Å². The maximum Gasteiger partial charge on any atom is 0.243 e. The average Bonchev–Trinajstić information content (AvgIpc) is 3.42. The zero-order valence-electron chi connectivity index (χ0n) is 24.0. The summed E-state index contributed by atoms with van der Waals surface area (Å²) in [6, 6.07) is 5.17. The van der Waals surface area contributed by atoms with Crippen molar-refractivity contribution in [2.45, 2.75) is 24.9 Å². The summed E-state index contributed by atoms with van der Waals surface area (Å²) in [6.45, 7) is 7.30. The predicted molar refractivity (Wildman–Crippen MR) is 167 cm³/mol. The van der Waals surface area contributed by atoms with E-state index in [4.69, 9.17) is 42.4 Å². The molecule has 0 spiro atoms. The maximum atomic E-state index is 11.9. The van der Waals surface area contributed by atoms with Gasteiger partial charge in [0.2, 0.25) is 5.91 Å². The Bertz CT molecular complexity index is 1440. The number of benzene rings is 1. The minimum Gasteiger partial charge on any atom is -0.495 e. The summed E-state index contributed by atoms with van der Waals surface area (Å²) in [6.07, 6.45) is 5.26. The molecule has 224 valence electrons. The molecule has 2 aliphatic rings. The molecule has 3 N–H and O–H groups in total. The van der Waals surface area contributed by atoms with E-state index in [1.54, 1.807) is 26.5 Å². The van der Waals surface area contributed by atoms with Gasteiger partial charge in [0, 0.05) is 35.1 Å². The number of pyridine rings is 2. The molecule has 0 saturated carbocycles. The number of ether oxygens (including phenoxy) is 3. The monoisotopic (exact) mass is 614 g/mol. The van der Waals surface area contributed by atoms with E-state index in [-0.39, 0.29) is 18.0 Å². The molecule has 2 saturated heterocycles. The van der Waals surface area contributed by atoms with E-state index in [0.29, 0.717) is 63.6 Å². The maximum absolute atomic E-state index is 11.9. The van der Waals surface area contributed by atoms with Crippen LogP contribution in [0.3, 0.4) is 0 Å². The van der Waals surface area contributed by atoms with Crippen molar-refractivity contribution in [3.63, 3.8) is 0 Å². The van der Waals surface area contributed by atoms with Gasteiger partial charge in [0.15, 0.2) is 0 Å². The zero-order chi connectivity index (χ0) is 29.8. The summed E-state index contributed by atoms with van der Waals surface area (Å²) in [5.74, 6) is 2.49. The minimum absolute atomic E-state index is 0.149. The first kappa shape index (κ1) is 30.2. The normalized spacial score (nSPS) is 19.5. The zero-order valence-corrected chi connectivity index (χ0v) is 25.5. The Balaban J connectivity index is 1.53. The molecule has 0 radical (unpaired) electrons. The van der Waals surface area contributed by atoms with Crippen molar-refractivity contribution in [2.24, 2.45) is 5.92 Å². The van der Waals surface area contributed by atoms with E-state index in [0.717, 1.165) is 43.2 Å². The van der Waals surface area contributed by atoms with E-state index >= 15 is 0 Å². The van der Waals surface area contributed by atoms with Crippen LogP contribution in [0.25, 0.3) is 22.0 Å². The molecule has 2 fully saturated rings. The van der Waals surface area contributed by atoms with Crippen molar-refractivity contribution >= 4 is 51.5 Å². The lowest BCUT2D eigenvalue weighted by Crippen LogP contribution is -2.45. The van der Waals surface area contributed by atoms with Gasteiger partial charge in [-0.3, -0.25) is 4.79 Å². The van der Waals surface area contributed by atoms with E-state index in [2.05, 4.69) is 39.5 Å². The fourth-order valence-corrected chi connectivity index (χ4v) is 6.07. The number of nitrogens with zero attached hydrogens (tertiary/aromatic N) is 3. The Morgan fingerprint density at radius 2 is 1.81 bits per heavy atom. The van der Waals surface area contributed by atoms with Crippen LogP contribution in [-0.2, 0) is 9.53 Å². The molecule has 2 aromatic heterocycles. The molecule has 5 rings (SSSR count). The summed E-state index contributed by atoms with van der Waals surface area (Å²) < 4.78 is 16.6.